The number of carboxylic acids is 1. The SMILES string of the molecule is Cc1c(-c2nc3cc(CN4CC(C(=O)O)C4)cc(C#N)c3o2)cccc1-c1cccc(-c2nc3c(s2)CN(C(=O)OC(C)(C)C)CC3)c1C. The zero-order valence-electron chi connectivity index (χ0n) is 28.2. The smallest absolute Gasteiger partial charge is 0.410 e. The van der Waals surface area contributed by atoms with Crippen LogP contribution < -0.4 is 0 Å². The number of likely N-dealkylation sites (tertiary alicyclic amines) is 1. The number of carbonyl (C=O) groups excluding carboxylic acids is 1. The number of fused-ring (bicyclic) bond motifs is 2. The fourth-order valence-corrected chi connectivity index (χ4v) is 7.81. The van der Waals surface area contributed by atoms with Crippen LogP contribution in [0.2, 0.25) is 0 Å². The molecular weight excluding hydrogens is 639 g/mol. The number of benzene rings is 3. The summed E-state index contributed by atoms with van der Waals surface area (Å²) in [6.45, 7) is 12.4. The molecule has 10 nitrogen and oxygen atoms in total. The lowest BCUT2D eigenvalue weighted by Crippen LogP contribution is -2.49. The summed E-state index contributed by atoms with van der Waals surface area (Å²) in [5.41, 5.74) is 8.93. The molecule has 3 aromatic carbocycles. The Labute approximate surface area is 288 Å². The van der Waals surface area contributed by atoms with Crippen molar-refractivity contribution in [2.24, 2.45) is 5.92 Å². The van der Waals surface area contributed by atoms with Gasteiger partial charge in [-0.3, -0.25) is 9.69 Å². The molecule has 1 fully saturated rings. The summed E-state index contributed by atoms with van der Waals surface area (Å²) in [5.74, 6) is -0.685. The number of aliphatic carboxylic acids is 1. The largest absolute Gasteiger partial charge is 0.481 e. The zero-order chi connectivity index (χ0) is 34.6. The van der Waals surface area contributed by atoms with E-state index in [2.05, 4.69) is 38.1 Å². The first-order valence-electron chi connectivity index (χ1n) is 16.3. The monoisotopic (exact) mass is 675 g/mol. The van der Waals surface area contributed by atoms with Crippen LogP contribution in [0.15, 0.2) is 52.9 Å². The van der Waals surface area contributed by atoms with Crippen LogP contribution in [-0.4, -0.2) is 62.2 Å². The predicted molar refractivity (Wildman–Crippen MR) is 187 cm³/mol. The van der Waals surface area contributed by atoms with E-state index >= 15 is 0 Å². The van der Waals surface area contributed by atoms with Crippen LogP contribution in [0.5, 0.6) is 0 Å². The number of rotatable bonds is 6. The molecule has 0 radical (unpaired) electrons. The van der Waals surface area contributed by atoms with Gasteiger partial charge in [-0.1, -0.05) is 30.3 Å². The Balaban J connectivity index is 1.17. The van der Waals surface area contributed by atoms with Crippen molar-refractivity contribution >= 4 is 34.5 Å². The second kappa shape index (κ2) is 12.4. The number of thiazole rings is 1. The number of nitrogens with zero attached hydrogens (tertiary/aromatic N) is 5. The first kappa shape index (κ1) is 32.5. The molecule has 2 aliphatic rings. The predicted octanol–water partition coefficient (Wildman–Crippen LogP) is 7.58. The van der Waals surface area contributed by atoms with E-state index in [1.807, 2.05) is 49.9 Å². The van der Waals surface area contributed by atoms with Gasteiger partial charge in [0.15, 0.2) is 5.58 Å². The fraction of sp³-hybridized carbons (Fsp3) is 0.342. The Morgan fingerprint density at radius 3 is 2.39 bits per heavy atom. The third kappa shape index (κ3) is 6.30. The Bertz CT molecular complexity index is 2170. The van der Waals surface area contributed by atoms with Gasteiger partial charge in [-0.2, -0.15) is 5.26 Å². The Hall–Kier alpha value is -5.05. The zero-order valence-corrected chi connectivity index (χ0v) is 29.0. The van der Waals surface area contributed by atoms with Crippen LogP contribution in [0, 0.1) is 31.1 Å². The average molecular weight is 676 g/mol. The minimum absolute atomic E-state index is 0.299. The molecule has 1 saturated heterocycles. The molecule has 2 aromatic heterocycles. The average Bonchev–Trinajstić information content (AvgIpc) is 3.65. The van der Waals surface area contributed by atoms with Crippen LogP contribution in [0.3, 0.4) is 0 Å². The number of aromatic nitrogens is 2. The molecule has 2 aliphatic heterocycles. The summed E-state index contributed by atoms with van der Waals surface area (Å²) in [6, 6.07) is 18.3. The highest BCUT2D eigenvalue weighted by Crippen LogP contribution is 2.40. The van der Waals surface area contributed by atoms with E-state index in [-0.39, 0.29) is 12.0 Å². The lowest BCUT2D eigenvalue weighted by molar-refractivity contribution is -0.147. The quantitative estimate of drug-likeness (QED) is 0.193. The highest BCUT2D eigenvalue weighted by Gasteiger charge is 2.33. The molecule has 1 amide bonds. The van der Waals surface area contributed by atoms with Gasteiger partial charge >= 0.3 is 12.1 Å². The molecule has 0 unspecified atom stereocenters. The Kier molecular flexibility index (Phi) is 8.25. The molecule has 0 aliphatic carbocycles. The molecule has 49 heavy (non-hydrogen) atoms. The number of hydrogen-bond acceptors (Lipinski definition) is 9. The fourth-order valence-electron chi connectivity index (χ4n) is 6.61. The topological polar surface area (TPSA) is 133 Å². The molecule has 1 N–H and O–H groups in total. The van der Waals surface area contributed by atoms with Gasteiger partial charge in [-0.05, 0) is 80.6 Å². The van der Waals surface area contributed by atoms with Gasteiger partial charge in [-0.25, -0.2) is 14.8 Å². The van der Waals surface area contributed by atoms with Crippen molar-refractivity contribution < 1.29 is 23.8 Å². The Morgan fingerprint density at radius 2 is 1.71 bits per heavy atom. The van der Waals surface area contributed by atoms with Gasteiger partial charge in [0.25, 0.3) is 0 Å². The summed E-state index contributed by atoms with van der Waals surface area (Å²) >= 11 is 1.63. The van der Waals surface area contributed by atoms with E-state index in [1.165, 1.54) is 0 Å². The molecule has 11 heteroatoms. The van der Waals surface area contributed by atoms with E-state index in [9.17, 15) is 20.0 Å². The van der Waals surface area contributed by atoms with E-state index in [0.29, 0.717) is 61.7 Å². The molecule has 5 aromatic rings. The standard InChI is InChI=1S/C38H37N5O5S/c1-21-26(27-9-7-11-29(22(27)2)35-41-30-12-13-43(20-32(30)49-35)37(46)48-38(3,4)5)8-6-10-28(21)34-40-31-15-23(14-24(16-39)33(31)47-34)17-42-18-25(19-42)36(44)45/h6-11,14-15,25H,12-13,17-20H2,1-5H3,(H,44,45). The van der Waals surface area contributed by atoms with Gasteiger partial charge < -0.3 is 19.2 Å². The van der Waals surface area contributed by atoms with E-state index < -0.39 is 11.6 Å². The van der Waals surface area contributed by atoms with E-state index in [0.717, 1.165) is 54.5 Å². The number of carboxylic acid groups (broad SMARTS) is 1. The highest BCUT2D eigenvalue weighted by molar-refractivity contribution is 7.15. The van der Waals surface area contributed by atoms with Crippen LogP contribution >= 0.6 is 11.3 Å². The van der Waals surface area contributed by atoms with Crippen molar-refractivity contribution in [3.05, 3.63) is 81.4 Å². The molecule has 250 valence electrons. The van der Waals surface area contributed by atoms with Crippen molar-refractivity contribution in [3.8, 4) is 39.2 Å². The lowest BCUT2D eigenvalue weighted by Gasteiger charge is -2.36. The van der Waals surface area contributed by atoms with Gasteiger partial charge in [-0.15, -0.1) is 11.3 Å². The van der Waals surface area contributed by atoms with Crippen molar-refractivity contribution in [2.75, 3.05) is 19.6 Å². The maximum atomic E-state index is 12.7. The number of nitriles is 1. The second-order valence-corrected chi connectivity index (χ2v) is 14.9. The first-order chi connectivity index (χ1) is 23.4. The van der Waals surface area contributed by atoms with Crippen molar-refractivity contribution in [1.29, 1.82) is 5.26 Å². The number of amides is 1. The highest BCUT2D eigenvalue weighted by atomic mass is 32.1. The van der Waals surface area contributed by atoms with Crippen LogP contribution in [0.4, 0.5) is 4.79 Å². The summed E-state index contributed by atoms with van der Waals surface area (Å²) < 4.78 is 11.9. The lowest BCUT2D eigenvalue weighted by atomic mass is 9.91. The second-order valence-electron chi connectivity index (χ2n) is 13.8. The number of ether oxygens (including phenoxy) is 1. The van der Waals surface area contributed by atoms with Gasteiger partial charge in [0.1, 0.15) is 22.2 Å². The molecule has 0 bridgehead atoms. The first-order valence-corrected chi connectivity index (χ1v) is 17.2. The number of oxazole rings is 1. The summed E-state index contributed by atoms with van der Waals surface area (Å²) in [5, 5.41) is 20.1. The Morgan fingerprint density at radius 1 is 1.04 bits per heavy atom. The summed E-state index contributed by atoms with van der Waals surface area (Å²) in [6.07, 6.45) is 0.390. The maximum absolute atomic E-state index is 12.7. The van der Waals surface area contributed by atoms with Crippen molar-refractivity contribution in [1.82, 2.24) is 19.8 Å². The van der Waals surface area contributed by atoms with Crippen molar-refractivity contribution in [3.63, 3.8) is 0 Å². The summed E-state index contributed by atoms with van der Waals surface area (Å²) in [7, 11) is 0. The van der Waals surface area contributed by atoms with Gasteiger partial charge in [0, 0.05) is 48.6 Å². The van der Waals surface area contributed by atoms with Crippen molar-refractivity contribution in [2.45, 2.75) is 59.7 Å². The number of carbonyl (C=O) groups is 2. The minimum Gasteiger partial charge on any atom is -0.481 e. The van der Waals surface area contributed by atoms with E-state index in [1.54, 1.807) is 22.3 Å². The molecule has 0 spiro atoms. The van der Waals surface area contributed by atoms with E-state index in [4.69, 9.17) is 19.1 Å². The minimum atomic E-state index is -0.778. The van der Waals surface area contributed by atoms with Crippen LogP contribution in [0.1, 0.15) is 53.6 Å². The third-order valence-corrected chi connectivity index (χ3v) is 10.3. The normalized spacial score (nSPS) is 15.1. The molecular formula is C38H37N5O5S. The van der Waals surface area contributed by atoms with Gasteiger partial charge in [0.05, 0.1) is 23.7 Å². The van der Waals surface area contributed by atoms with Crippen LogP contribution in [0.25, 0.3) is 44.3 Å². The maximum Gasteiger partial charge on any atom is 0.410 e. The molecule has 0 saturated carbocycles. The molecule has 4 heterocycles. The number of hydrogen-bond donors (Lipinski definition) is 1. The van der Waals surface area contributed by atoms with Crippen LogP contribution in [-0.2, 0) is 29.0 Å². The third-order valence-electron chi connectivity index (χ3n) is 9.18. The summed E-state index contributed by atoms with van der Waals surface area (Å²) in [4.78, 5) is 38.7. The van der Waals surface area contributed by atoms with Gasteiger partial charge in [0.2, 0.25) is 5.89 Å². The molecule has 7 rings (SSSR count). The molecule has 0 atom stereocenters.